The van der Waals surface area contributed by atoms with E-state index in [0.717, 1.165) is 5.13 Å². The van der Waals surface area contributed by atoms with Crippen molar-refractivity contribution in [3.63, 3.8) is 0 Å². The largest absolute Gasteiger partial charge is 0.358 e. The Balaban J connectivity index is 2.08. The van der Waals surface area contributed by atoms with Gasteiger partial charge >= 0.3 is 0 Å². The Labute approximate surface area is 143 Å². The van der Waals surface area contributed by atoms with Gasteiger partial charge in [0, 0.05) is 23.2 Å². The van der Waals surface area contributed by atoms with Crippen LogP contribution in [0.1, 0.15) is 19.4 Å². The van der Waals surface area contributed by atoms with Gasteiger partial charge in [0.2, 0.25) is 5.13 Å². The minimum Gasteiger partial charge on any atom is -0.358 e. The van der Waals surface area contributed by atoms with Crippen LogP contribution in [0.4, 0.5) is 9.52 Å². The number of hydrogen-bond donors (Lipinski definition) is 1. The predicted octanol–water partition coefficient (Wildman–Crippen LogP) is 4.38. The second-order valence-electron chi connectivity index (χ2n) is 5.33. The van der Waals surface area contributed by atoms with Gasteiger partial charge in [0.25, 0.3) is 0 Å². The van der Waals surface area contributed by atoms with Crippen molar-refractivity contribution in [2.24, 2.45) is 0 Å². The molecular formula is C14H18ClFN4S2. The SMILES string of the molecule is CC(C)Nc1nn(CN(C)Cc2c(F)cccc2Cl)c(=S)s1. The van der Waals surface area contributed by atoms with E-state index in [0.29, 0.717) is 33.8 Å². The van der Waals surface area contributed by atoms with Crippen LogP contribution in [0.5, 0.6) is 0 Å². The Morgan fingerprint density at radius 3 is 2.86 bits per heavy atom. The molecule has 8 heteroatoms. The summed E-state index contributed by atoms with van der Waals surface area (Å²) in [7, 11) is 1.87. The molecule has 2 aromatic rings. The zero-order chi connectivity index (χ0) is 16.3. The Bertz CT molecular complexity index is 678. The molecule has 0 aliphatic carbocycles. The Kier molecular flexibility index (Phi) is 5.91. The summed E-state index contributed by atoms with van der Waals surface area (Å²) in [5.41, 5.74) is 0.481. The summed E-state index contributed by atoms with van der Waals surface area (Å²) < 4.78 is 16.2. The van der Waals surface area contributed by atoms with Gasteiger partial charge < -0.3 is 5.32 Å². The number of nitrogens with zero attached hydrogens (tertiary/aromatic N) is 3. The molecule has 0 aliphatic rings. The molecule has 0 amide bonds. The lowest BCUT2D eigenvalue weighted by Gasteiger charge is -2.17. The fourth-order valence-electron chi connectivity index (χ4n) is 1.93. The van der Waals surface area contributed by atoms with Crippen molar-refractivity contribution in [3.05, 3.63) is 38.6 Å². The van der Waals surface area contributed by atoms with Crippen molar-refractivity contribution in [2.45, 2.75) is 33.1 Å². The van der Waals surface area contributed by atoms with E-state index in [-0.39, 0.29) is 5.82 Å². The lowest BCUT2D eigenvalue weighted by atomic mass is 10.2. The summed E-state index contributed by atoms with van der Waals surface area (Å²) >= 11 is 12.8. The second kappa shape index (κ2) is 7.50. The maximum Gasteiger partial charge on any atom is 0.204 e. The number of hydrogen-bond acceptors (Lipinski definition) is 5. The average Bonchev–Trinajstić information content (AvgIpc) is 2.73. The standard InChI is InChI=1S/C14H18ClFN4S2/c1-9(2)17-13-18-20(14(21)22-13)8-19(3)7-10-11(15)5-4-6-12(10)16/h4-6,9H,7-8H2,1-3H3,(H,17,18). The Hall–Kier alpha value is -1.02. The monoisotopic (exact) mass is 360 g/mol. The second-order valence-corrected chi connectivity index (χ2v) is 7.36. The molecule has 0 radical (unpaired) electrons. The third-order valence-electron chi connectivity index (χ3n) is 2.88. The first-order valence-corrected chi connectivity index (χ1v) is 8.43. The van der Waals surface area contributed by atoms with E-state index in [1.165, 1.54) is 17.4 Å². The summed E-state index contributed by atoms with van der Waals surface area (Å²) in [4.78, 5) is 1.92. The molecule has 1 aromatic carbocycles. The highest BCUT2D eigenvalue weighted by atomic mass is 35.5. The molecule has 1 heterocycles. The topological polar surface area (TPSA) is 33.1 Å². The normalized spacial score (nSPS) is 11.4. The number of benzene rings is 1. The van der Waals surface area contributed by atoms with Gasteiger partial charge in [0.1, 0.15) is 5.82 Å². The fourth-order valence-corrected chi connectivity index (χ4v) is 3.29. The predicted molar refractivity (Wildman–Crippen MR) is 92.6 cm³/mol. The average molecular weight is 361 g/mol. The summed E-state index contributed by atoms with van der Waals surface area (Å²) in [5, 5.41) is 8.87. The molecule has 0 saturated heterocycles. The van der Waals surface area contributed by atoms with Gasteiger partial charge in [-0.3, -0.25) is 4.90 Å². The number of anilines is 1. The number of aromatic nitrogens is 2. The van der Waals surface area contributed by atoms with Gasteiger partial charge in [-0.05, 0) is 45.2 Å². The van der Waals surface area contributed by atoms with Gasteiger partial charge in [0.05, 0.1) is 6.67 Å². The molecule has 1 N–H and O–H groups in total. The molecule has 0 atom stereocenters. The highest BCUT2D eigenvalue weighted by molar-refractivity contribution is 7.73. The summed E-state index contributed by atoms with van der Waals surface area (Å²) in [6.07, 6.45) is 0. The molecular weight excluding hydrogens is 343 g/mol. The zero-order valence-corrected chi connectivity index (χ0v) is 15.0. The summed E-state index contributed by atoms with van der Waals surface area (Å²) in [6.45, 7) is 4.94. The van der Waals surface area contributed by atoms with Crippen LogP contribution in [0.25, 0.3) is 0 Å². The van der Waals surface area contributed by atoms with Crippen molar-refractivity contribution in [1.29, 1.82) is 0 Å². The summed E-state index contributed by atoms with van der Waals surface area (Å²) in [6, 6.07) is 4.99. The first kappa shape index (κ1) is 17.3. The van der Waals surface area contributed by atoms with Crippen LogP contribution in [0.2, 0.25) is 5.02 Å². The van der Waals surface area contributed by atoms with Gasteiger partial charge in [-0.15, -0.1) is 5.10 Å². The van der Waals surface area contributed by atoms with Crippen LogP contribution in [0.3, 0.4) is 0 Å². The molecule has 0 unspecified atom stereocenters. The maximum atomic E-state index is 13.8. The summed E-state index contributed by atoms with van der Waals surface area (Å²) in [5.74, 6) is -0.302. The minimum absolute atomic E-state index is 0.295. The third-order valence-corrected chi connectivity index (χ3v) is 4.48. The molecule has 2 rings (SSSR count). The van der Waals surface area contributed by atoms with Crippen molar-refractivity contribution < 1.29 is 4.39 Å². The van der Waals surface area contributed by atoms with Crippen molar-refractivity contribution in [1.82, 2.24) is 14.7 Å². The van der Waals surface area contributed by atoms with Crippen molar-refractivity contribution >= 4 is 40.3 Å². The molecule has 0 bridgehead atoms. The molecule has 22 heavy (non-hydrogen) atoms. The maximum absolute atomic E-state index is 13.8. The molecule has 1 aromatic heterocycles. The highest BCUT2D eigenvalue weighted by Gasteiger charge is 2.12. The number of rotatable bonds is 6. The Morgan fingerprint density at radius 1 is 1.50 bits per heavy atom. The molecule has 0 spiro atoms. The van der Waals surface area contributed by atoms with Gasteiger partial charge in [-0.1, -0.05) is 29.0 Å². The van der Waals surface area contributed by atoms with Crippen LogP contribution in [-0.2, 0) is 13.2 Å². The quantitative estimate of drug-likeness (QED) is 0.775. The molecule has 120 valence electrons. The molecule has 0 aliphatic heterocycles. The fraction of sp³-hybridized carbons (Fsp3) is 0.429. The van der Waals surface area contributed by atoms with Crippen LogP contribution in [0, 0.1) is 9.77 Å². The first-order valence-electron chi connectivity index (χ1n) is 6.82. The molecule has 0 saturated carbocycles. The van der Waals surface area contributed by atoms with Crippen LogP contribution < -0.4 is 5.32 Å². The van der Waals surface area contributed by atoms with Crippen LogP contribution >= 0.6 is 35.2 Å². The van der Waals surface area contributed by atoms with E-state index in [1.54, 1.807) is 16.8 Å². The molecule has 0 fully saturated rings. The van der Waals surface area contributed by atoms with E-state index in [1.807, 2.05) is 25.8 Å². The van der Waals surface area contributed by atoms with E-state index >= 15 is 0 Å². The smallest absolute Gasteiger partial charge is 0.204 e. The highest BCUT2D eigenvalue weighted by Crippen LogP contribution is 2.21. The first-order chi connectivity index (χ1) is 10.4. The van der Waals surface area contributed by atoms with E-state index in [4.69, 9.17) is 23.8 Å². The van der Waals surface area contributed by atoms with Crippen LogP contribution in [-0.4, -0.2) is 27.8 Å². The van der Waals surface area contributed by atoms with Gasteiger partial charge in [0.15, 0.2) is 3.95 Å². The van der Waals surface area contributed by atoms with E-state index in [2.05, 4.69) is 10.4 Å². The lowest BCUT2D eigenvalue weighted by molar-refractivity contribution is 0.242. The zero-order valence-electron chi connectivity index (χ0n) is 12.6. The van der Waals surface area contributed by atoms with E-state index in [9.17, 15) is 4.39 Å². The van der Waals surface area contributed by atoms with Crippen molar-refractivity contribution in [2.75, 3.05) is 12.4 Å². The van der Waals surface area contributed by atoms with Gasteiger partial charge in [-0.2, -0.15) is 0 Å². The lowest BCUT2D eigenvalue weighted by Crippen LogP contribution is -2.23. The third kappa shape index (κ3) is 4.49. The minimum atomic E-state index is -0.302. The van der Waals surface area contributed by atoms with Crippen LogP contribution in [0.15, 0.2) is 18.2 Å². The molecule has 4 nitrogen and oxygen atoms in total. The number of halogens is 2. The van der Waals surface area contributed by atoms with Gasteiger partial charge in [-0.25, -0.2) is 9.07 Å². The van der Waals surface area contributed by atoms with Crippen molar-refractivity contribution in [3.8, 4) is 0 Å². The van der Waals surface area contributed by atoms with E-state index < -0.39 is 0 Å². The number of nitrogens with one attached hydrogen (secondary N) is 1. The Morgan fingerprint density at radius 2 is 2.23 bits per heavy atom.